The molecule has 0 aromatic carbocycles. The number of hydrogen-bond acceptors (Lipinski definition) is 1. The topological polar surface area (TPSA) is 20.3 Å². The minimum absolute atomic E-state index is 0.0931. The lowest BCUT2D eigenvalue weighted by Crippen LogP contribution is -2.35. The average Bonchev–Trinajstić information content (AvgIpc) is 2.36. The van der Waals surface area contributed by atoms with Crippen molar-refractivity contribution in [1.29, 1.82) is 0 Å². The van der Waals surface area contributed by atoms with Gasteiger partial charge in [-0.1, -0.05) is 6.42 Å². The van der Waals surface area contributed by atoms with Gasteiger partial charge >= 0.3 is 0 Å². The molecule has 2 aliphatic rings. The number of fused-ring (bicyclic) bond motifs is 2. The van der Waals surface area contributed by atoms with Gasteiger partial charge < -0.3 is 4.90 Å². The second kappa shape index (κ2) is 3.87. The van der Waals surface area contributed by atoms with Gasteiger partial charge in [-0.2, -0.15) is 0 Å². The maximum Gasteiger partial charge on any atom is 0.227 e. The number of halogens is 1. The van der Waals surface area contributed by atoms with Gasteiger partial charge in [0, 0.05) is 18.5 Å². The van der Waals surface area contributed by atoms with Gasteiger partial charge in [0.2, 0.25) is 5.91 Å². The third-order valence-electron chi connectivity index (χ3n) is 3.17. The van der Waals surface area contributed by atoms with Crippen molar-refractivity contribution in [1.82, 2.24) is 4.90 Å². The highest BCUT2D eigenvalue weighted by molar-refractivity contribution is 6.22. The highest BCUT2D eigenvalue weighted by Gasteiger charge is 2.34. The Balaban J connectivity index is 2.18. The van der Waals surface area contributed by atoms with Crippen LogP contribution >= 0.6 is 11.6 Å². The molecule has 0 N–H and O–H groups in total. The monoisotopic (exact) mass is 201 g/mol. The van der Waals surface area contributed by atoms with E-state index < -0.39 is 0 Å². The molecule has 2 heterocycles. The van der Waals surface area contributed by atoms with Gasteiger partial charge in [0.25, 0.3) is 0 Å². The maximum atomic E-state index is 11.9. The second-order valence-corrected chi connectivity index (χ2v) is 4.65. The van der Waals surface area contributed by atoms with Gasteiger partial charge in [0.1, 0.15) is 0 Å². The standard InChI is InChI=1S/C10H16ClNO/c11-9-5-3-7-12-6-2-1-4-8(9)10(12)13/h8-9H,1-7H2. The zero-order chi connectivity index (χ0) is 9.26. The summed E-state index contributed by atoms with van der Waals surface area (Å²) < 4.78 is 0. The molecule has 2 rings (SSSR count). The highest BCUT2D eigenvalue weighted by Crippen LogP contribution is 2.29. The fourth-order valence-electron chi connectivity index (χ4n) is 2.37. The van der Waals surface area contributed by atoms with E-state index in [4.69, 9.17) is 11.6 Å². The number of nitrogens with zero attached hydrogens (tertiary/aromatic N) is 1. The van der Waals surface area contributed by atoms with Crippen LogP contribution in [0.2, 0.25) is 0 Å². The van der Waals surface area contributed by atoms with E-state index in [2.05, 4.69) is 0 Å². The van der Waals surface area contributed by atoms with Crippen LogP contribution < -0.4 is 0 Å². The van der Waals surface area contributed by atoms with Gasteiger partial charge in [0.15, 0.2) is 0 Å². The lowest BCUT2D eigenvalue weighted by atomic mass is 9.97. The Bertz CT molecular complexity index is 207. The minimum Gasteiger partial charge on any atom is -0.342 e. The summed E-state index contributed by atoms with van der Waals surface area (Å²) in [7, 11) is 0. The van der Waals surface area contributed by atoms with Crippen molar-refractivity contribution in [3.05, 3.63) is 0 Å². The quantitative estimate of drug-likeness (QED) is 0.550. The van der Waals surface area contributed by atoms with Gasteiger partial charge in [-0.05, 0) is 25.7 Å². The molecule has 0 aromatic rings. The van der Waals surface area contributed by atoms with Crippen LogP contribution in [0.25, 0.3) is 0 Å². The van der Waals surface area contributed by atoms with E-state index in [0.29, 0.717) is 5.91 Å². The third kappa shape index (κ3) is 1.83. The van der Waals surface area contributed by atoms with E-state index in [9.17, 15) is 4.79 Å². The second-order valence-electron chi connectivity index (χ2n) is 4.09. The van der Waals surface area contributed by atoms with Crippen molar-refractivity contribution < 1.29 is 4.79 Å². The molecule has 2 aliphatic heterocycles. The Labute approximate surface area is 84.2 Å². The summed E-state index contributed by atoms with van der Waals surface area (Å²) in [5.41, 5.74) is 0. The molecule has 0 aromatic heterocycles. The third-order valence-corrected chi connectivity index (χ3v) is 3.69. The number of rotatable bonds is 0. The molecule has 2 atom stereocenters. The van der Waals surface area contributed by atoms with Crippen molar-refractivity contribution in [3.63, 3.8) is 0 Å². The maximum absolute atomic E-state index is 11.9. The normalized spacial score (nSPS) is 35.5. The van der Waals surface area contributed by atoms with Crippen LogP contribution in [0.3, 0.4) is 0 Å². The molecular weight excluding hydrogens is 186 g/mol. The fraction of sp³-hybridized carbons (Fsp3) is 0.900. The van der Waals surface area contributed by atoms with Crippen LogP contribution in [0, 0.1) is 5.92 Å². The van der Waals surface area contributed by atoms with Crippen LogP contribution in [0.15, 0.2) is 0 Å². The molecule has 13 heavy (non-hydrogen) atoms. The van der Waals surface area contributed by atoms with E-state index >= 15 is 0 Å². The smallest absolute Gasteiger partial charge is 0.227 e. The summed E-state index contributed by atoms with van der Waals surface area (Å²) in [6.45, 7) is 1.89. The molecule has 74 valence electrons. The van der Waals surface area contributed by atoms with E-state index in [1.165, 1.54) is 0 Å². The molecule has 1 amide bonds. The average molecular weight is 202 g/mol. The molecule has 2 saturated heterocycles. The number of alkyl halides is 1. The Morgan fingerprint density at radius 1 is 1.15 bits per heavy atom. The molecule has 2 fully saturated rings. The number of amides is 1. The van der Waals surface area contributed by atoms with Gasteiger partial charge in [0.05, 0.1) is 5.92 Å². The molecule has 3 heteroatoms. The SMILES string of the molecule is O=C1C2CCCCN1CCCC2Cl. The van der Waals surface area contributed by atoms with Gasteiger partial charge in [-0.3, -0.25) is 4.79 Å². The molecule has 2 bridgehead atoms. The first-order valence-corrected chi connectivity index (χ1v) is 5.65. The first-order valence-electron chi connectivity index (χ1n) is 5.22. The van der Waals surface area contributed by atoms with Crippen molar-refractivity contribution >= 4 is 17.5 Å². The van der Waals surface area contributed by atoms with E-state index in [1.807, 2.05) is 4.90 Å². The van der Waals surface area contributed by atoms with Crippen LogP contribution in [0.5, 0.6) is 0 Å². The first kappa shape index (κ1) is 9.32. The molecule has 2 unspecified atom stereocenters. The zero-order valence-electron chi connectivity index (χ0n) is 7.84. The van der Waals surface area contributed by atoms with Gasteiger partial charge in [-0.15, -0.1) is 11.6 Å². The largest absolute Gasteiger partial charge is 0.342 e. The summed E-state index contributed by atoms with van der Waals surface area (Å²) in [5.74, 6) is 0.432. The van der Waals surface area contributed by atoms with Crippen LogP contribution in [0.1, 0.15) is 32.1 Å². The summed E-state index contributed by atoms with van der Waals surface area (Å²) in [6.07, 6.45) is 5.41. The lowest BCUT2D eigenvalue weighted by Gasteiger charge is -2.21. The fourth-order valence-corrected chi connectivity index (χ4v) is 2.76. The van der Waals surface area contributed by atoms with Crippen molar-refractivity contribution in [2.75, 3.05) is 13.1 Å². The van der Waals surface area contributed by atoms with E-state index in [0.717, 1.165) is 45.2 Å². The Morgan fingerprint density at radius 3 is 2.77 bits per heavy atom. The van der Waals surface area contributed by atoms with Crippen molar-refractivity contribution in [3.8, 4) is 0 Å². The molecule has 0 spiro atoms. The Morgan fingerprint density at radius 2 is 1.92 bits per heavy atom. The minimum atomic E-state index is 0.0931. The van der Waals surface area contributed by atoms with Crippen molar-refractivity contribution in [2.24, 2.45) is 5.92 Å². The summed E-state index contributed by atoms with van der Waals surface area (Å²) >= 11 is 6.21. The zero-order valence-corrected chi connectivity index (χ0v) is 8.59. The molecule has 0 aliphatic carbocycles. The van der Waals surface area contributed by atoms with Crippen molar-refractivity contribution in [2.45, 2.75) is 37.5 Å². The van der Waals surface area contributed by atoms with E-state index in [1.54, 1.807) is 0 Å². The first-order chi connectivity index (χ1) is 6.29. The Hall–Kier alpha value is -0.240. The van der Waals surface area contributed by atoms with Crippen LogP contribution in [-0.4, -0.2) is 29.3 Å². The summed E-state index contributed by atoms with van der Waals surface area (Å²) in [4.78, 5) is 13.9. The number of carbonyl (C=O) groups is 1. The Kier molecular flexibility index (Phi) is 2.77. The predicted molar refractivity (Wildman–Crippen MR) is 52.8 cm³/mol. The number of hydrogen-bond donors (Lipinski definition) is 0. The summed E-state index contributed by atoms with van der Waals surface area (Å²) in [6, 6.07) is 0. The highest BCUT2D eigenvalue weighted by atomic mass is 35.5. The molecular formula is C10H16ClNO. The summed E-state index contributed by atoms with van der Waals surface area (Å²) in [5, 5.41) is 0.0931. The van der Waals surface area contributed by atoms with Crippen LogP contribution in [0.4, 0.5) is 0 Å². The van der Waals surface area contributed by atoms with E-state index in [-0.39, 0.29) is 11.3 Å². The lowest BCUT2D eigenvalue weighted by molar-refractivity contribution is -0.134. The molecule has 0 radical (unpaired) electrons. The number of carbonyl (C=O) groups excluding carboxylic acids is 1. The molecule has 2 nitrogen and oxygen atoms in total. The van der Waals surface area contributed by atoms with Crippen LogP contribution in [-0.2, 0) is 4.79 Å². The molecule has 0 saturated carbocycles. The van der Waals surface area contributed by atoms with Gasteiger partial charge in [-0.25, -0.2) is 0 Å². The predicted octanol–water partition coefficient (Wildman–Crippen LogP) is 2.02.